The number of methoxy groups -OCH3 is 2. The van der Waals surface area contributed by atoms with Gasteiger partial charge >= 0.3 is 0 Å². The highest BCUT2D eigenvalue weighted by Crippen LogP contribution is 2.47. The summed E-state index contributed by atoms with van der Waals surface area (Å²) in [5, 5.41) is 0. The van der Waals surface area contributed by atoms with E-state index in [0.29, 0.717) is 11.7 Å². The van der Waals surface area contributed by atoms with Crippen molar-refractivity contribution in [1.29, 1.82) is 0 Å². The fraction of sp³-hybridized carbons (Fsp3) is 0.727. The molecule has 0 aromatic rings. The van der Waals surface area contributed by atoms with Crippen molar-refractivity contribution in [2.24, 2.45) is 23.7 Å². The van der Waals surface area contributed by atoms with Crippen LogP contribution < -0.4 is 0 Å². The summed E-state index contributed by atoms with van der Waals surface area (Å²) >= 11 is 0. The molecule has 0 spiro atoms. The van der Waals surface area contributed by atoms with Crippen LogP contribution in [0.5, 0.6) is 0 Å². The molecule has 1 saturated carbocycles. The number of ketones is 1. The van der Waals surface area contributed by atoms with E-state index in [0.717, 1.165) is 0 Å². The van der Waals surface area contributed by atoms with Crippen LogP contribution in [0.25, 0.3) is 0 Å². The standard InChI is InChI=1S/C11H16O3/c1-6-7-4-5-8(10(6)12)9(7)11(13-2)14-3/h4-9,11H,1-3H3/t6-,7+,8+,9-/m0/s1. The Hall–Kier alpha value is -0.670. The van der Waals surface area contributed by atoms with Gasteiger partial charge in [0, 0.05) is 32.0 Å². The summed E-state index contributed by atoms with van der Waals surface area (Å²) in [6, 6.07) is 0. The minimum atomic E-state index is -0.256. The van der Waals surface area contributed by atoms with Gasteiger partial charge in [0.2, 0.25) is 0 Å². The monoisotopic (exact) mass is 196 g/mol. The van der Waals surface area contributed by atoms with Crippen LogP contribution >= 0.6 is 0 Å². The van der Waals surface area contributed by atoms with Crippen LogP contribution in [0.15, 0.2) is 12.2 Å². The van der Waals surface area contributed by atoms with Gasteiger partial charge in [-0.3, -0.25) is 4.79 Å². The van der Waals surface area contributed by atoms with Gasteiger partial charge in [-0.25, -0.2) is 0 Å². The number of Topliss-reactive ketones (excluding diaryl/α,β-unsaturated/α-hetero) is 1. The van der Waals surface area contributed by atoms with E-state index in [9.17, 15) is 4.79 Å². The maximum absolute atomic E-state index is 11.8. The SMILES string of the molecule is COC(OC)[C@H]1[C@@H]2C=C[C@H]1C(=O)[C@H]2C. The van der Waals surface area contributed by atoms with Gasteiger partial charge in [0.05, 0.1) is 0 Å². The Morgan fingerprint density at radius 3 is 2.36 bits per heavy atom. The van der Waals surface area contributed by atoms with Gasteiger partial charge in [0.25, 0.3) is 0 Å². The molecule has 3 nitrogen and oxygen atoms in total. The molecule has 4 atom stereocenters. The lowest BCUT2D eigenvalue weighted by Gasteiger charge is -2.24. The van der Waals surface area contributed by atoms with Crippen molar-refractivity contribution in [2.75, 3.05) is 14.2 Å². The van der Waals surface area contributed by atoms with Crippen LogP contribution in [0.3, 0.4) is 0 Å². The van der Waals surface area contributed by atoms with Gasteiger partial charge in [0.1, 0.15) is 5.78 Å². The lowest BCUT2D eigenvalue weighted by atomic mass is 9.92. The van der Waals surface area contributed by atoms with E-state index in [1.165, 1.54) is 0 Å². The van der Waals surface area contributed by atoms with Crippen molar-refractivity contribution in [2.45, 2.75) is 13.2 Å². The van der Waals surface area contributed by atoms with Crippen LogP contribution in [-0.2, 0) is 14.3 Å². The minimum Gasteiger partial charge on any atom is -0.356 e. The van der Waals surface area contributed by atoms with E-state index in [1.807, 2.05) is 13.0 Å². The topological polar surface area (TPSA) is 35.5 Å². The molecule has 0 N–H and O–H groups in total. The normalized spacial score (nSPS) is 40.1. The van der Waals surface area contributed by atoms with Crippen molar-refractivity contribution in [3.63, 3.8) is 0 Å². The quantitative estimate of drug-likeness (QED) is 0.503. The molecule has 1 fully saturated rings. The first-order valence-corrected chi connectivity index (χ1v) is 4.98. The average molecular weight is 196 g/mol. The Morgan fingerprint density at radius 2 is 1.93 bits per heavy atom. The fourth-order valence-corrected chi connectivity index (χ4v) is 2.78. The summed E-state index contributed by atoms with van der Waals surface area (Å²) < 4.78 is 10.5. The number of hydrogen-bond donors (Lipinski definition) is 0. The van der Waals surface area contributed by atoms with Gasteiger partial charge in [-0.2, -0.15) is 0 Å². The van der Waals surface area contributed by atoms with Crippen LogP contribution in [0, 0.1) is 23.7 Å². The van der Waals surface area contributed by atoms with Crippen LogP contribution in [-0.4, -0.2) is 26.3 Å². The Bertz CT molecular complexity index is 268. The zero-order valence-corrected chi connectivity index (χ0v) is 8.77. The number of hydrogen-bond acceptors (Lipinski definition) is 3. The second-order valence-corrected chi connectivity index (χ2v) is 4.10. The second kappa shape index (κ2) is 3.48. The average Bonchev–Trinajstić information content (AvgIpc) is 2.69. The summed E-state index contributed by atoms with van der Waals surface area (Å²) in [6.45, 7) is 1.99. The van der Waals surface area contributed by atoms with E-state index in [-0.39, 0.29) is 24.0 Å². The van der Waals surface area contributed by atoms with Gasteiger partial charge in [-0.15, -0.1) is 0 Å². The first kappa shape index (κ1) is 9.87. The van der Waals surface area contributed by atoms with Crippen molar-refractivity contribution in [3.8, 4) is 0 Å². The molecule has 3 heteroatoms. The van der Waals surface area contributed by atoms with E-state index >= 15 is 0 Å². The van der Waals surface area contributed by atoms with Crippen molar-refractivity contribution < 1.29 is 14.3 Å². The Kier molecular flexibility index (Phi) is 2.45. The van der Waals surface area contributed by atoms with Crippen molar-refractivity contribution in [3.05, 3.63) is 12.2 Å². The van der Waals surface area contributed by atoms with E-state index in [1.54, 1.807) is 14.2 Å². The third kappa shape index (κ3) is 1.16. The molecule has 2 aliphatic rings. The predicted molar refractivity (Wildman–Crippen MR) is 51.6 cm³/mol. The number of fused-ring (bicyclic) bond motifs is 2. The highest BCUT2D eigenvalue weighted by molar-refractivity contribution is 5.89. The molecular formula is C11H16O3. The van der Waals surface area contributed by atoms with Crippen LogP contribution in [0.2, 0.25) is 0 Å². The molecular weight excluding hydrogens is 180 g/mol. The maximum Gasteiger partial charge on any atom is 0.161 e. The molecule has 0 aromatic carbocycles. The Labute approximate surface area is 84.1 Å². The number of ether oxygens (including phenoxy) is 2. The molecule has 78 valence electrons. The molecule has 0 unspecified atom stereocenters. The summed E-state index contributed by atoms with van der Waals surface area (Å²) in [6.07, 6.45) is 3.88. The van der Waals surface area contributed by atoms with E-state index < -0.39 is 0 Å². The number of carbonyl (C=O) groups is 1. The summed E-state index contributed by atoms with van der Waals surface area (Å²) in [5.41, 5.74) is 0. The van der Waals surface area contributed by atoms with E-state index in [2.05, 4.69) is 6.08 Å². The number of allylic oxidation sites excluding steroid dienone is 2. The zero-order chi connectivity index (χ0) is 10.3. The largest absolute Gasteiger partial charge is 0.356 e. The summed E-state index contributed by atoms with van der Waals surface area (Å²) in [4.78, 5) is 11.8. The Balaban J connectivity index is 2.21. The molecule has 0 aliphatic heterocycles. The highest BCUT2D eigenvalue weighted by Gasteiger charge is 2.52. The summed E-state index contributed by atoms with van der Waals surface area (Å²) in [5.74, 6) is 0.967. The molecule has 2 rings (SSSR count). The lowest BCUT2D eigenvalue weighted by molar-refractivity contribution is -0.148. The lowest BCUT2D eigenvalue weighted by Crippen LogP contribution is -2.29. The third-order valence-corrected chi connectivity index (χ3v) is 3.53. The fourth-order valence-electron chi connectivity index (χ4n) is 2.78. The van der Waals surface area contributed by atoms with Gasteiger partial charge in [-0.05, 0) is 5.92 Å². The highest BCUT2D eigenvalue weighted by atomic mass is 16.7. The molecule has 2 aliphatic carbocycles. The predicted octanol–water partition coefficient (Wildman–Crippen LogP) is 1.24. The number of rotatable bonds is 3. The molecule has 0 aromatic heterocycles. The smallest absolute Gasteiger partial charge is 0.161 e. The van der Waals surface area contributed by atoms with Crippen LogP contribution in [0.4, 0.5) is 0 Å². The first-order chi connectivity index (χ1) is 6.70. The van der Waals surface area contributed by atoms with Gasteiger partial charge in [0.15, 0.2) is 6.29 Å². The first-order valence-electron chi connectivity index (χ1n) is 4.98. The summed E-state index contributed by atoms with van der Waals surface area (Å²) in [7, 11) is 3.25. The van der Waals surface area contributed by atoms with Crippen molar-refractivity contribution in [1.82, 2.24) is 0 Å². The van der Waals surface area contributed by atoms with Gasteiger partial charge < -0.3 is 9.47 Å². The van der Waals surface area contributed by atoms with Crippen LogP contribution in [0.1, 0.15) is 6.92 Å². The third-order valence-electron chi connectivity index (χ3n) is 3.53. The molecule has 0 amide bonds. The molecule has 0 saturated heterocycles. The maximum atomic E-state index is 11.8. The second-order valence-electron chi connectivity index (χ2n) is 4.10. The molecule has 14 heavy (non-hydrogen) atoms. The minimum absolute atomic E-state index is 0.0138. The number of carbonyl (C=O) groups excluding carboxylic acids is 1. The van der Waals surface area contributed by atoms with Crippen molar-refractivity contribution >= 4 is 5.78 Å². The molecule has 0 radical (unpaired) electrons. The molecule has 2 bridgehead atoms. The van der Waals surface area contributed by atoms with Gasteiger partial charge in [-0.1, -0.05) is 19.1 Å². The van der Waals surface area contributed by atoms with E-state index in [4.69, 9.17) is 9.47 Å². The Morgan fingerprint density at radius 1 is 1.29 bits per heavy atom. The zero-order valence-electron chi connectivity index (χ0n) is 8.77. The molecule has 0 heterocycles.